The molecule has 2 rings (SSSR count). The maximum Gasteiger partial charge on any atom is 0.227 e. The third-order valence-electron chi connectivity index (χ3n) is 4.81. The molecule has 0 saturated heterocycles. The smallest absolute Gasteiger partial charge is 0.227 e. The Bertz CT molecular complexity index is 593. The average Bonchev–Trinajstić information content (AvgIpc) is 2.63. The van der Waals surface area contributed by atoms with Crippen LogP contribution in [0.1, 0.15) is 59.3 Å². The van der Waals surface area contributed by atoms with Crippen molar-refractivity contribution in [2.75, 3.05) is 11.9 Å². The summed E-state index contributed by atoms with van der Waals surface area (Å²) in [6.45, 7) is 6.79. The van der Waals surface area contributed by atoms with Crippen molar-refractivity contribution in [1.29, 1.82) is 0 Å². The first-order valence-corrected chi connectivity index (χ1v) is 9.85. The van der Waals surface area contributed by atoms with Crippen LogP contribution in [0.5, 0.6) is 5.75 Å². The molecule has 1 aromatic rings. The third kappa shape index (κ3) is 6.04. The fraction of sp³-hybridized carbons (Fsp3) is 0.619. The van der Waals surface area contributed by atoms with Crippen molar-refractivity contribution in [3.8, 4) is 5.75 Å². The van der Waals surface area contributed by atoms with Crippen molar-refractivity contribution >= 4 is 17.5 Å². The van der Waals surface area contributed by atoms with Crippen LogP contribution in [-0.2, 0) is 9.59 Å². The molecule has 0 radical (unpaired) electrons. The number of hydrogen-bond acceptors (Lipinski definition) is 3. The number of para-hydroxylation sites is 2. The number of anilines is 1. The first-order chi connectivity index (χ1) is 12.5. The van der Waals surface area contributed by atoms with Gasteiger partial charge in [-0.15, -0.1) is 0 Å². The molecule has 0 bridgehead atoms. The van der Waals surface area contributed by atoms with Gasteiger partial charge in [0.25, 0.3) is 0 Å². The highest BCUT2D eigenvalue weighted by Gasteiger charge is 2.30. The monoisotopic (exact) mass is 360 g/mol. The van der Waals surface area contributed by atoms with E-state index in [1.54, 1.807) is 0 Å². The molecule has 0 heterocycles. The molecule has 0 unspecified atom stereocenters. The van der Waals surface area contributed by atoms with Crippen LogP contribution in [0, 0.1) is 11.8 Å². The maximum atomic E-state index is 12.6. The number of benzene rings is 1. The van der Waals surface area contributed by atoms with Crippen molar-refractivity contribution in [1.82, 2.24) is 5.32 Å². The van der Waals surface area contributed by atoms with Gasteiger partial charge in [-0.1, -0.05) is 25.5 Å². The SMILES string of the molecule is CCCCNC(=O)C1CCC(C(=O)Nc2ccccc2OC(C)C)CC1. The molecule has 5 nitrogen and oxygen atoms in total. The van der Waals surface area contributed by atoms with E-state index in [4.69, 9.17) is 4.74 Å². The molecule has 1 fully saturated rings. The zero-order valence-electron chi connectivity index (χ0n) is 16.2. The predicted molar refractivity (Wildman–Crippen MR) is 104 cm³/mol. The summed E-state index contributed by atoms with van der Waals surface area (Å²) in [5.74, 6) is 0.872. The van der Waals surface area contributed by atoms with Crippen molar-refractivity contribution < 1.29 is 14.3 Å². The predicted octanol–water partition coefficient (Wildman–Crippen LogP) is 4.14. The second-order valence-electron chi connectivity index (χ2n) is 7.35. The van der Waals surface area contributed by atoms with Crippen LogP contribution >= 0.6 is 0 Å². The Morgan fingerprint density at radius 3 is 2.31 bits per heavy atom. The van der Waals surface area contributed by atoms with E-state index >= 15 is 0 Å². The van der Waals surface area contributed by atoms with E-state index in [1.165, 1.54) is 0 Å². The van der Waals surface area contributed by atoms with E-state index in [9.17, 15) is 9.59 Å². The van der Waals surface area contributed by atoms with Gasteiger partial charge in [-0.05, 0) is 58.1 Å². The lowest BCUT2D eigenvalue weighted by Crippen LogP contribution is -2.35. The largest absolute Gasteiger partial charge is 0.489 e. The lowest BCUT2D eigenvalue weighted by Gasteiger charge is -2.27. The van der Waals surface area contributed by atoms with Crippen molar-refractivity contribution in [3.05, 3.63) is 24.3 Å². The van der Waals surface area contributed by atoms with Crippen LogP contribution < -0.4 is 15.4 Å². The van der Waals surface area contributed by atoms with Crippen LogP contribution in [0.15, 0.2) is 24.3 Å². The van der Waals surface area contributed by atoms with Gasteiger partial charge in [0.05, 0.1) is 11.8 Å². The van der Waals surface area contributed by atoms with E-state index in [0.29, 0.717) is 11.4 Å². The van der Waals surface area contributed by atoms with Crippen molar-refractivity contribution in [3.63, 3.8) is 0 Å². The standard InChI is InChI=1S/C21H32N2O3/c1-4-5-14-22-20(24)16-10-12-17(13-11-16)21(25)23-18-8-6-7-9-19(18)26-15(2)3/h6-9,15-17H,4-5,10-14H2,1-3H3,(H,22,24)(H,23,25). The minimum absolute atomic E-state index is 0.0228. The highest BCUT2D eigenvalue weighted by Crippen LogP contribution is 2.31. The Kier molecular flexibility index (Phi) is 7.95. The number of nitrogens with one attached hydrogen (secondary N) is 2. The molecule has 2 amide bonds. The minimum Gasteiger partial charge on any atom is -0.489 e. The van der Waals surface area contributed by atoms with E-state index in [0.717, 1.165) is 45.1 Å². The van der Waals surface area contributed by atoms with Gasteiger partial charge < -0.3 is 15.4 Å². The van der Waals surface area contributed by atoms with E-state index < -0.39 is 0 Å². The summed E-state index contributed by atoms with van der Waals surface area (Å²) in [6.07, 6.45) is 5.21. The van der Waals surface area contributed by atoms with Gasteiger partial charge in [0.2, 0.25) is 11.8 Å². The topological polar surface area (TPSA) is 67.4 Å². The fourth-order valence-corrected chi connectivity index (χ4v) is 3.31. The van der Waals surface area contributed by atoms with E-state index in [1.807, 2.05) is 38.1 Å². The molecular formula is C21H32N2O3. The Morgan fingerprint density at radius 1 is 1.08 bits per heavy atom. The van der Waals surface area contributed by atoms with Gasteiger partial charge in [0.15, 0.2) is 0 Å². The summed E-state index contributed by atoms with van der Waals surface area (Å²) in [7, 11) is 0. The zero-order chi connectivity index (χ0) is 18.9. The number of amides is 2. The summed E-state index contributed by atoms with van der Waals surface area (Å²) in [5, 5.41) is 6.01. The summed E-state index contributed by atoms with van der Waals surface area (Å²) in [5.41, 5.74) is 0.714. The number of ether oxygens (including phenoxy) is 1. The van der Waals surface area contributed by atoms with Crippen LogP contribution in [-0.4, -0.2) is 24.5 Å². The molecule has 144 valence electrons. The second-order valence-corrected chi connectivity index (χ2v) is 7.35. The number of unbranched alkanes of at least 4 members (excludes halogenated alkanes) is 1. The molecule has 2 N–H and O–H groups in total. The summed E-state index contributed by atoms with van der Waals surface area (Å²) >= 11 is 0. The summed E-state index contributed by atoms with van der Waals surface area (Å²) in [4.78, 5) is 24.8. The lowest BCUT2D eigenvalue weighted by molar-refractivity contribution is -0.128. The Hall–Kier alpha value is -2.04. The second kappa shape index (κ2) is 10.2. The van der Waals surface area contributed by atoms with E-state index in [2.05, 4.69) is 17.6 Å². The molecule has 0 spiro atoms. The van der Waals surface area contributed by atoms with Gasteiger partial charge >= 0.3 is 0 Å². The average molecular weight is 360 g/mol. The lowest BCUT2D eigenvalue weighted by atomic mass is 9.81. The zero-order valence-corrected chi connectivity index (χ0v) is 16.2. The van der Waals surface area contributed by atoms with Crippen molar-refractivity contribution in [2.45, 2.75) is 65.4 Å². The summed E-state index contributed by atoms with van der Waals surface area (Å²) < 4.78 is 5.76. The molecule has 1 aliphatic carbocycles. The quantitative estimate of drug-likeness (QED) is 0.685. The maximum absolute atomic E-state index is 12.6. The van der Waals surface area contributed by atoms with Crippen molar-refractivity contribution in [2.24, 2.45) is 11.8 Å². The molecule has 0 aliphatic heterocycles. The van der Waals surface area contributed by atoms with Crippen LogP contribution in [0.2, 0.25) is 0 Å². The number of carbonyl (C=O) groups is 2. The van der Waals surface area contributed by atoms with E-state index in [-0.39, 0.29) is 29.8 Å². The Balaban J connectivity index is 1.84. The van der Waals surface area contributed by atoms with Crippen LogP contribution in [0.25, 0.3) is 0 Å². The van der Waals surface area contributed by atoms with Gasteiger partial charge in [-0.25, -0.2) is 0 Å². The molecule has 1 aromatic carbocycles. The minimum atomic E-state index is -0.0400. The molecule has 26 heavy (non-hydrogen) atoms. The highest BCUT2D eigenvalue weighted by molar-refractivity contribution is 5.94. The van der Waals surface area contributed by atoms with Gasteiger partial charge in [0.1, 0.15) is 5.75 Å². The molecule has 1 aliphatic rings. The molecule has 0 aromatic heterocycles. The molecule has 5 heteroatoms. The summed E-state index contributed by atoms with van der Waals surface area (Å²) in [6, 6.07) is 7.52. The normalized spacial score (nSPS) is 19.8. The first kappa shape index (κ1) is 20.3. The fourth-order valence-electron chi connectivity index (χ4n) is 3.31. The third-order valence-corrected chi connectivity index (χ3v) is 4.81. The highest BCUT2D eigenvalue weighted by atomic mass is 16.5. The van der Waals surface area contributed by atoms with Gasteiger partial charge in [-0.3, -0.25) is 9.59 Å². The van der Waals surface area contributed by atoms with Crippen LogP contribution in [0.4, 0.5) is 5.69 Å². The Morgan fingerprint density at radius 2 is 1.69 bits per heavy atom. The molecule has 1 saturated carbocycles. The Labute approximate surface area is 156 Å². The number of hydrogen-bond donors (Lipinski definition) is 2. The van der Waals surface area contributed by atoms with Gasteiger partial charge in [-0.2, -0.15) is 0 Å². The molecular weight excluding hydrogens is 328 g/mol. The number of carbonyl (C=O) groups excluding carboxylic acids is 2. The van der Waals surface area contributed by atoms with Gasteiger partial charge in [0, 0.05) is 18.4 Å². The molecule has 0 atom stereocenters. The first-order valence-electron chi connectivity index (χ1n) is 9.85. The van der Waals surface area contributed by atoms with Crippen LogP contribution in [0.3, 0.4) is 0 Å². The number of rotatable bonds is 8.